The highest BCUT2D eigenvalue weighted by Gasteiger charge is 2.07. The summed E-state index contributed by atoms with van der Waals surface area (Å²) in [4.78, 5) is 17.4. The Morgan fingerprint density at radius 1 is 1.24 bits per heavy atom. The van der Waals surface area contributed by atoms with Crippen LogP contribution in [0.15, 0.2) is 35.3 Å². The number of guanidine groups is 1. The fourth-order valence-corrected chi connectivity index (χ4v) is 1.78. The van der Waals surface area contributed by atoms with Crippen LogP contribution < -0.4 is 10.6 Å². The van der Waals surface area contributed by atoms with Crippen molar-refractivity contribution in [3.8, 4) is 0 Å². The first-order chi connectivity index (χ1) is 10.0. The predicted octanol–water partition coefficient (Wildman–Crippen LogP) is 1.43. The third-order valence-corrected chi connectivity index (χ3v) is 3.16. The Balaban J connectivity index is 2.54. The third-order valence-electron chi connectivity index (χ3n) is 3.16. The lowest BCUT2D eigenvalue weighted by Crippen LogP contribution is -2.40. The van der Waals surface area contributed by atoms with Crippen molar-refractivity contribution in [3.63, 3.8) is 0 Å². The van der Waals surface area contributed by atoms with E-state index < -0.39 is 0 Å². The standard InChI is InChI=1S/C16H26N4O/c1-5-17-16(19-12-15(21)20(3)4)18-11-13(2)14-9-7-6-8-10-14/h6-10,13H,5,11-12H2,1-4H3,(H2,17,18,19). The minimum atomic E-state index is -0.0108. The number of nitrogens with one attached hydrogen (secondary N) is 2. The van der Waals surface area contributed by atoms with Crippen LogP contribution in [0.3, 0.4) is 0 Å². The Kier molecular flexibility index (Phi) is 7.29. The van der Waals surface area contributed by atoms with Crippen molar-refractivity contribution >= 4 is 11.9 Å². The quantitative estimate of drug-likeness (QED) is 0.615. The molecule has 116 valence electrons. The van der Waals surface area contributed by atoms with Crippen molar-refractivity contribution < 1.29 is 4.79 Å². The molecule has 0 aliphatic rings. The zero-order valence-corrected chi connectivity index (χ0v) is 13.4. The molecule has 0 saturated heterocycles. The van der Waals surface area contributed by atoms with Crippen LogP contribution in [0.25, 0.3) is 0 Å². The maximum absolute atomic E-state index is 11.6. The van der Waals surface area contributed by atoms with Crippen LogP contribution in [0, 0.1) is 0 Å². The summed E-state index contributed by atoms with van der Waals surface area (Å²) >= 11 is 0. The number of aliphatic imine (C=N–C) groups is 1. The first-order valence-electron chi connectivity index (χ1n) is 7.31. The number of nitrogens with zero attached hydrogens (tertiary/aromatic N) is 2. The van der Waals surface area contributed by atoms with Crippen molar-refractivity contribution in [1.82, 2.24) is 15.5 Å². The van der Waals surface area contributed by atoms with Gasteiger partial charge in [-0.1, -0.05) is 37.3 Å². The topological polar surface area (TPSA) is 56.7 Å². The van der Waals surface area contributed by atoms with Gasteiger partial charge in [0.1, 0.15) is 6.54 Å². The number of carbonyl (C=O) groups is 1. The van der Waals surface area contributed by atoms with Gasteiger partial charge >= 0.3 is 0 Å². The summed E-state index contributed by atoms with van der Waals surface area (Å²) in [7, 11) is 3.46. The molecule has 0 heterocycles. The molecule has 0 spiro atoms. The molecule has 0 bridgehead atoms. The molecular weight excluding hydrogens is 264 g/mol. The van der Waals surface area contributed by atoms with Gasteiger partial charge in [-0.05, 0) is 18.4 Å². The SMILES string of the molecule is CCNC(=NCC(=O)N(C)C)NCC(C)c1ccccc1. The highest BCUT2D eigenvalue weighted by molar-refractivity contribution is 5.84. The lowest BCUT2D eigenvalue weighted by atomic mass is 10.0. The fourth-order valence-electron chi connectivity index (χ4n) is 1.78. The van der Waals surface area contributed by atoms with Gasteiger partial charge in [0.25, 0.3) is 0 Å². The van der Waals surface area contributed by atoms with Crippen molar-refractivity contribution in [3.05, 3.63) is 35.9 Å². The third kappa shape index (κ3) is 6.29. The number of hydrogen-bond donors (Lipinski definition) is 2. The van der Waals surface area contributed by atoms with Crippen LogP contribution in [-0.4, -0.2) is 50.5 Å². The van der Waals surface area contributed by atoms with Gasteiger partial charge in [0.2, 0.25) is 5.91 Å². The van der Waals surface area contributed by atoms with Crippen molar-refractivity contribution in [1.29, 1.82) is 0 Å². The van der Waals surface area contributed by atoms with Gasteiger partial charge in [0.15, 0.2) is 5.96 Å². The second-order valence-corrected chi connectivity index (χ2v) is 5.18. The van der Waals surface area contributed by atoms with Crippen molar-refractivity contribution in [2.24, 2.45) is 4.99 Å². The van der Waals surface area contributed by atoms with E-state index in [1.807, 2.05) is 25.1 Å². The Morgan fingerprint density at radius 2 is 1.90 bits per heavy atom. The van der Waals surface area contributed by atoms with E-state index in [-0.39, 0.29) is 12.5 Å². The van der Waals surface area contributed by atoms with Gasteiger partial charge in [0.05, 0.1) is 0 Å². The second-order valence-electron chi connectivity index (χ2n) is 5.18. The number of amides is 1. The summed E-state index contributed by atoms with van der Waals surface area (Å²) in [5.74, 6) is 1.04. The van der Waals surface area contributed by atoms with Gasteiger partial charge < -0.3 is 15.5 Å². The van der Waals surface area contributed by atoms with Crippen LogP contribution in [0.1, 0.15) is 25.3 Å². The maximum Gasteiger partial charge on any atom is 0.243 e. The minimum absolute atomic E-state index is 0.0108. The fraction of sp³-hybridized carbons (Fsp3) is 0.500. The van der Waals surface area contributed by atoms with E-state index in [9.17, 15) is 4.79 Å². The first kappa shape index (κ1) is 17.0. The zero-order valence-electron chi connectivity index (χ0n) is 13.4. The van der Waals surface area contributed by atoms with E-state index in [0.29, 0.717) is 11.9 Å². The second kappa shape index (κ2) is 9.00. The van der Waals surface area contributed by atoms with Crippen LogP contribution >= 0.6 is 0 Å². The molecule has 5 heteroatoms. The minimum Gasteiger partial charge on any atom is -0.357 e. The van der Waals surface area contributed by atoms with Gasteiger partial charge in [-0.2, -0.15) is 0 Å². The van der Waals surface area contributed by atoms with Crippen LogP contribution in [0.4, 0.5) is 0 Å². The summed E-state index contributed by atoms with van der Waals surface area (Å²) in [5, 5.41) is 6.43. The molecule has 1 rings (SSSR count). The molecule has 0 saturated carbocycles. The van der Waals surface area contributed by atoms with E-state index in [1.165, 1.54) is 5.56 Å². The molecule has 0 radical (unpaired) electrons. The zero-order chi connectivity index (χ0) is 15.7. The molecule has 1 unspecified atom stereocenters. The van der Waals surface area contributed by atoms with E-state index in [0.717, 1.165) is 13.1 Å². The van der Waals surface area contributed by atoms with Gasteiger partial charge in [0, 0.05) is 27.2 Å². The highest BCUT2D eigenvalue weighted by Crippen LogP contribution is 2.12. The van der Waals surface area contributed by atoms with Crippen LogP contribution in [-0.2, 0) is 4.79 Å². The predicted molar refractivity (Wildman–Crippen MR) is 87.5 cm³/mol. The summed E-state index contributed by atoms with van der Waals surface area (Å²) in [6.07, 6.45) is 0. The van der Waals surface area contributed by atoms with E-state index in [2.05, 4.69) is 34.7 Å². The molecule has 5 nitrogen and oxygen atoms in total. The number of carbonyl (C=O) groups excluding carboxylic acids is 1. The van der Waals surface area contributed by atoms with Crippen molar-refractivity contribution in [2.75, 3.05) is 33.7 Å². The molecule has 1 amide bonds. The summed E-state index contributed by atoms with van der Waals surface area (Å²) in [6, 6.07) is 10.3. The molecule has 1 aromatic carbocycles. The van der Waals surface area contributed by atoms with E-state index >= 15 is 0 Å². The summed E-state index contributed by atoms with van der Waals surface area (Å²) in [5.41, 5.74) is 1.28. The van der Waals surface area contributed by atoms with E-state index in [4.69, 9.17) is 0 Å². The normalized spacial score (nSPS) is 12.7. The average molecular weight is 290 g/mol. The number of likely N-dealkylation sites (N-methyl/N-ethyl adjacent to an activating group) is 1. The average Bonchev–Trinajstić information content (AvgIpc) is 2.50. The lowest BCUT2D eigenvalue weighted by molar-refractivity contribution is -0.127. The molecular formula is C16H26N4O. The molecule has 2 N–H and O–H groups in total. The molecule has 1 aromatic rings. The van der Waals surface area contributed by atoms with Crippen LogP contribution in [0.2, 0.25) is 0 Å². The number of hydrogen-bond acceptors (Lipinski definition) is 2. The molecule has 1 atom stereocenters. The first-order valence-corrected chi connectivity index (χ1v) is 7.31. The molecule has 0 fully saturated rings. The maximum atomic E-state index is 11.6. The van der Waals surface area contributed by atoms with Gasteiger partial charge in [-0.3, -0.25) is 4.79 Å². The van der Waals surface area contributed by atoms with Gasteiger partial charge in [-0.25, -0.2) is 4.99 Å². The Hall–Kier alpha value is -2.04. The molecule has 0 aromatic heterocycles. The largest absolute Gasteiger partial charge is 0.357 e. The Labute approximate surface area is 127 Å². The number of rotatable bonds is 6. The van der Waals surface area contributed by atoms with Crippen molar-refractivity contribution in [2.45, 2.75) is 19.8 Å². The summed E-state index contributed by atoms with van der Waals surface area (Å²) < 4.78 is 0. The smallest absolute Gasteiger partial charge is 0.243 e. The molecule has 0 aliphatic carbocycles. The number of benzene rings is 1. The van der Waals surface area contributed by atoms with E-state index in [1.54, 1.807) is 19.0 Å². The molecule has 0 aliphatic heterocycles. The lowest BCUT2D eigenvalue weighted by Gasteiger charge is -2.16. The Morgan fingerprint density at radius 3 is 2.48 bits per heavy atom. The monoisotopic (exact) mass is 290 g/mol. The highest BCUT2D eigenvalue weighted by atomic mass is 16.2. The summed E-state index contributed by atoms with van der Waals surface area (Å²) in [6.45, 7) is 5.86. The Bertz CT molecular complexity index is 457. The van der Waals surface area contributed by atoms with Crippen LogP contribution in [0.5, 0.6) is 0 Å². The van der Waals surface area contributed by atoms with Gasteiger partial charge in [-0.15, -0.1) is 0 Å². The molecule has 21 heavy (non-hydrogen) atoms.